The fraction of sp³-hybridized carbons (Fsp3) is 0.143. The minimum atomic E-state index is -0.227. The van der Waals surface area contributed by atoms with E-state index in [9.17, 15) is 10.1 Å². The van der Waals surface area contributed by atoms with Gasteiger partial charge in [0.25, 0.3) is 0 Å². The van der Waals surface area contributed by atoms with Gasteiger partial charge in [-0.25, -0.2) is 0 Å². The molecule has 0 fully saturated rings. The van der Waals surface area contributed by atoms with Crippen LogP contribution in [0.5, 0.6) is 5.75 Å². The van der Waals surface area contributed by atoms with Gasteiger partial charge in [-0.15, -0.1) is 10.2 Å². The molecule has 0 atom stereocenters. The van der Waals surface area contributed by atoms with Gasteiger partial charge in [0.15, 0.2) is 5.01 Å². The first kappa shape index (κ1) is 14.7. The zero-order chi connectivity index (χ0) is 15.2. The first-order chi connectivity index (χ1) is 10.1. The highest BCUT2D eigenvalue weighted by Crippen LogP contribution is 2.24. The molecule has 0 aliphatic carbocycles. The van der Waals surface area contributed by atoms with Crippen LogP contribution in [-0.4, -0.2) is 23.2 Å². The average Bonchev–Trinajstić information content (AvgIpc) is 2.93. The van der Waals surface area contributed by atoms with Crippen molar-refractivity contribution in [2.45, 2.75) is 6.92 Å². The first-order valence-corrected chi connectivity index (χ1v) is 6.81. The smallest absolute Gasteiger partial charge is 0.223 e. The van der Waals surface area contributed by atoms with Gasteiger partial charge in [-0.2, -0.15) is 5.26 Å². The largest absolute Gasteiger partial charge is 0.497 e. The molecule has 1 N–H and O–H groups in total. The van der Waals surface area contributed by atoms with Crippen LogP contribution in [0, 0.1) is 11.3 Å². The molecule has 1 heterocycles. The van der Waals surface area contributed by atoms with Gasteiger partial charge in [0, 0.05) is 6.92 Å². The number of amides is 1. The lowest BCUT2D eigenvalue weighted by Gasteiger charge is -1.99. The molecular weight excluding hydrogens is 288 g/mol. The Morgan fingerprint density at radius 3 is 2.67 bits per heavy atom. The maximum absolute atomic E-state index is 10.9. The molecule has 0 saturated heterocycles. The first-order valence-electron chi connectivity index (χ1n) is 5.99. The van der Waals surface area contributed by atoms with Crippen molar-refractivity contribution in [3.8, 4) is 11.8 Å². The predicted molar refractivity (Wildman–Crippen MR) is 80.7 cm³/mol. The van der Waals surface area contributed by atoms with Crippen LogP contribution in [0.4, 0.5) is 5.13 Å². The Bertz CT molecular complexity index is 713. The number of benzene rings is 1. The number of nitrogens with one attached hydrogen (secondary N) is 1. The molecule has 6 nitrogen and oxygen atoms in total. The monoisotopic (exact) mass is 300 g/mol. The lowest BCUT2D eigenvalue weighted by Crippen LogP contribution is -2.04. The molecule has 0 unspecified atom stereocenters. The van der Waals surface area contributed by atoms with Gasteiger partial charge < -0.3 is 10.1 Å². The van der Waals surface area contributed by atoms with Crippen molar-refractivity contribution < 1.29 is 9.53 Å². The number of carbonyl (C=O) groups excluding carboxylic acids is 1. The highest BCUT2D eigenvalue weighted by Gasteiger charge is 2.10. The fourth-order valence-electron chi connectivity index (χ4n) is 1.54. The Balaban J connectivity index is 2.25. The van der Waals surface area contributed by atoms with Crippen LogP contribution in [0.2, 0.25) is 0 Å². The van der Waals surface area contributed by atoms with Gasteiger partial charge >= 0.3 is 0 Å². The van der Waals surface area contributed by atoms with E-state index in [0.29, 0.717) is 15.7 Å². The number of allylic oxidation sites excluding steroid dienone is 1. The number of nitriles is 1. The van der Waals surface area contributed by atoms with Crippen LogP contribution in [0.15, 0.2) is 24.3 Å². The van der Waals surface area contributed by atoms with E-state index in [1.165, 1.54) is 6.92 Å². The minimum Gasteiger partial charge on any atom is -0.497 e. The molecule has 0 saturated carbocycles. The van der Waals surface area contributed by atoms with Crippen LogP contribution in [0.3, 0.4) is 0 Å². The number of carbonyl (C=O) groups is 1. The van der Waals surface area contributed by atoms with Crippen LogP contribution >= 0.6 is 11.3 Å². The van der Waals surface area contributed by atoms with Crippen LogP contribution in [0.25, 0.3) is 11.6 Å². The molecule has 0 spiro atoms. The van der Waals surface area contributed by atoms with Crippen molar-refractivity contribution in [1.29, 1.82) is 5.26 Å². The summed E-state index contributed by atoms with van der Waals surface area (Å²) in [6.07, 6.45) is 1.71. The fourth-order valence-corrected chi connectivity index (χ4v) is 2.30. The maximum atomic E-state index is 10.9. The summed E-state index contributed by atoms with van der Waals surface area (Å²) in [5, 5.41) is 20.3. The second-order valence-corrected chi connectivity index (χ2v) is 5.01. The van der Waals surface area contributed by atoms with Crippen molar-refractivity contribution in [1.82, 2.24) is 10.2 Å². The lowest BCUT2D eigenvalue weighted by molar-refractivity contribution is -0.114. The molecule has 21 heavy (non-hydrogen) atoms. The van der Waals surface area contributed by atoms with Crippen molar-refractivity contribution in [3.05, 3.63) is 34.8 Å². The van der Waals surface area contributed by atoms with Crippen LogP contribution < -0.4 is 10.1 Å². The van der Waals surface area contributed by atoms with Gasteiger partial charge in [0.1, 0.15) is 11.8 Å². The van der Waals surface area contributed by atoms with E-state index < -0.39 is 0 Å². The number of nitrogens with zero attached hydrogens (tertiary/aromatic N) is 3. The number of hydrogen-bond acceptors (Lipinski definition) is 6. The Labute approximate surface area is 125 Å². The Morgan fingerprint density at radius 2 is 2.10 bits per heavy atom. The Kier molecular flexibility index (Phi) is 4.64. The molecule has 0 bridgehead atoms. The van der Waals surface area contributed by atoms with E-state index >= 15 is 0 Å². The highest BCUT2D eigenvalue weighted by molar-refractivity contribution is 7.16. The molecule has 7 heteroatoms. The number of methoxy groups -OCH3 is 1. The van der Waals surface area contributed by atoms with Gasteiger partial charge in [-0.05, 0) is 23.8 Å². The van der Waals surface area contributed by atoms with Crippen molar-refractivity contribution in [2.75, 3.05) is 12.4 Å². The number of aromatic nitrogens is 2. The topological polar surface area (TPSA) is 87.9 Å². The van der Waals surface area contributed by atoms with Gasteiger partial charge in [-0.3, -0.25) is 4.79 Å². The molecule has 1 aromatic carbocycles. The molecule has 2 aromatic rings. The standard InChI is InChI=1S/C14H12N4O2S/c1-9(19)16-14-18-17-13(21-14)11(8-15)7-10-3-5-12(20-2)6-4-10/h3-7H,1-2H3,(H,16,18,19)/b11-7+. The second kappa shape index (κ2) is 6.63. The van der Waals surface area contributed by atoms with E-state index in [-0.39, 0.29) is 5.91 Å². The third-order valence-corrected chi connectivity index (χ3v) is 3.36. The minimum absolute atomic E-state index is 0.227. The van der Waals surface area contributed by atoms with Gasteiger partial charge in [-0.1, -0.05) is 23.5 Å². The van der Waals surface area contributed by atoms with E-state index in [4.69, 9.17) is 4.74 Å². The third-order valence-electron chi connectivity index (χ3n) is 2.49. The number of ether oxygens (including phenoxy) is 1. The summed E-state index contributed by atoms with van der Waals surface area (Å²) >= 11 is 1.15. The lowest BCUT2D eigenvalue weighted by atomic mass is 10.1. The van der Waals surface area contributed by atoms with E-state index in [2.05, 4.69) is 21.6 Å². The highest BCUT2D eigenvalue weighted by atomic mass is 32.1. The summed E-state index contributed by atoms with van der Waals surface area (Å²) in [5.41, 5.74) is 1.23. The summed E-state index contributed by atoms with van der Waals surface area (Å²) in [6, 6.07) is 9.38. The summed E-state index contributed by atoms with van der Waals surface area (Å²) in [6.45, 7) is 1.39. The summed E-state index contributed by atoms with van der Waals surface area (Å²) < 4.78 is 5.08. The zero-order valence-electron chi connectivity index (χ0n) is 11.5. The molecule has 2 rings (SSSR count). The SMILES string of the molecule is COc1ccc(/C=C(\C#N)c2nnc(NC(C)=O)s2)cc1. The summed E-state index contributed by atoms with van der Waals surface area (Å²) in [5.74, 6) is 0.518. The third kappa shape index (κ3) is 3.87. The van der Waals surface area contributed by atoms with Gasteiger partial charge in [0.2, 0.25) is 11.0 Å². The molecular formula is C14H12N4O2S. The van der Waals surface area contributed by atoms with E-state index in [1.807, 2.05) is 24.3 Å². The van der Waals surface area contributed by atoms with Crippen molar-refractivity contribution >= 4 is 34.0 Å². The maximum Gasteiger partial charge on any atom is 0.223 e. The van der Waals surface area contributed by atoms with E-state index in [1.54, 1.807) is 13.2 Å². The quantitative estimate of drug-likeness (QED) is 0.877. The average molecular weight is 300 g/mol. The summed E-state index contributed by atoms with van der Waals surface area (Å²) in [7, 11) is 1.59. The number of hydrogen-bond donors (Lipinski definition) is 1. The molecule has 0 aliphatic rings. The Hall–Kier alpha value is -2.72. The molecule has 1 amide bonds. The predicted octanol–water partition coefficient (Wildman–Crippen LogP) is 2.57. The van der Waals surface area contributed by atoms with E-state index in [0.717, 1.165) is 22.6 Å². The normalized spacial score (nSPS) is 10.8. The molecule has 0 aliphatic heterocycles. The zero-order valence-corrected chi connectivity index (χ0v) is 12.3. The number of rotatable bonds is 4. The van der Waals surface area contributed by atoms with Crippen LogP contribution in [0.1, 0.15) is 17.5 Å². The Morgan fingerprint density at radius 1 is 1.38 bits per heavy atom. The van der Waals surface area contributed by atoms with Crippen LogP contribution in [-0.2, 0) is 4.79 Å². The van der Waals surface area contributed by atoms with Gasteiger partial charge in [0.05, 0.1) is 12.7 Å². The second-order valence-electron chi connectivity index (χ2n) is 4.04. The molecule has 106 valence electrons. The van der Waals surface area contributed by atoms with Crippen molar-refractivity contribution in [3.63, 3.8) is 0 Å². The number of anilines is 1. The molecule has 1 aromatic heterocycles. The molecule has 0 radical (unpaired) electrons. The summed E-state index contributed by atoms with van der Waals surface area (Å²) in [4.78, 5) is 10.9. The van der Waals surface area contributed by atoms with Crippen molar-refractivity contribution in [2.24, 2.45) is 0 Å².